The van der Waals surface area contributed by atoms with E-state index in [-0.39, 0.29) is 5.97 Å². The van der Waals surface area contributed by atoms with Gasteiger partial charge in [-0.25, -0.2) is 0 Å². The maximum atomic E-state index is 11.0. The lowest BCUT2D eigenvalue weighted by Crippen LogP contribution is -2.32. The first-order valence-corrected chi connectivity index (χ1v) is 7.22. The summed E-state index contributed by atoms with van der Waals surface area (Å²) in [4.78, 5) is 11.0. The summed E-state index contributed by atoms with van der Waals surface area (Å²) >= 11 is 1.76. The first-order chi connectivity index (χ1) is 8.07. The molecule has 0 aliphatic rings. The van der Waals surface area contributed by atoms with Crippen molar-refractivity contribution in [3.05, 3.63) is 0 Å². The van der Waals surface area contributed by atoms with Crippen LogP contribution in [-0.2, 0) is 14.3 Å². The first-order valence-electron chi connectivity index (χ1n) is 6.06. The van der Waals surface area contributed by atoms with E-state index in [0.717, 1.165) is 31.1 Å². The lowest BCUT2D eigenvalue weighted by molar-refractivity contribution is -0.142. The second-order valence-electron chi connectivity index (χ2n) is 4.33. The van der Waals surface area contributed by atoms with Gasteiger partial charge in [0.2, 0.25) is 0 Å². The summed E-state index contributed by atoms with van der Waals surface area (Å²) in [5.41, 5.74) is 5.60. The summed E-state index contributed by atoms with van der Waals surface area (Å²) in [6, 6.07) is -0.491. The summed E-state index contributed by atoms with van der Waals surface area (Å²) in [6.07, 6.45) is 1.77. The quantitative estimate of drug-likeness (QED) is 0.480. The Morgan fingerprint density at radius 1 is 1.24 bits per heavy atom. The Bertz CT molecular complexity index is 200. The van der Waals surface area contributed by atoms with Crippen molar-refractivity contribution in [3.8, 4) is 0 Å². The molecule has 5 heteroatoms. The molecule has 0 fully saturated rings. The van der Waals surface area contributed by atoms with Crippen LogP contribution in [0.4, 0.5) is 0 Å². The van der Waals surface area contributed by atoms with Gasteiger partial charge in [-0.3, -0.25) is 4.79 Å². The van der Waals surface area contributed by atoms with Crippen LogP contribution in [0.15, 0.2) is 0 Å². The fourth-order valence-electron chi connectivity index (χ4n) is 1.12. The van der Waals surface area contributed by atoms with Crippen LogP contribution in [0.25, 0.3) is 0 Å². The number of thioether (sulfide) groups is 1. The molecule has 0 heterocycles. The molecule has 0 aromatic rings. The molecule has 0 saturated carbocycles. The van der Waals surface area contributed by atoms with E-state index in [4.69, 9.17) is 10.5 Å². The predicted octanol–water partition coefficient (Wildman–Crippen LogP) is 1.67. The van der Waals surface area contributed by atoms with Crippen molar-refractivity contribution in [2.24, 2.45) is 11.7 Å². The van der Waals surface area contributed by atoms with E-state index < -0.39 is 6.04 Å². The standard InChI is InChI=1S/C12H25NO3S/c1-10(2)4-6-16-7-9-17-8-5-11(13)12(14)15-3/h10-11H,4-9,13H2,1-3H3. The van der Waals surface area contributed by atoms with E-state index >= 15 is 0 Å². The van der Waals surface area contributed by atoms with Gasteiger partial charge in [0.05, 0.1) is 13.7 Å². The van der Waals surface area contributed by atoms with Gasteiger partial charge in [-0.05, 0) is 24.5 Å². The third-order valence-corrected chi connectivity index (χ3v) is 3.27. The molecule has 1 unspecified atom stereocenters. The maximum absolute atomic E-state index is 11.0. The van der Waals surface area contributed by atoms with Crippen molar-refractivity contribution in [2.75, 3.05) is 31.8 Å². The average Bonchev–Trinajstić information content (AvgIpc) is 2.30. The Kier molecular flexibility index (Phi) is 10.7. The molecule has 0 radical (unpaired) electrons. The minimum Gasteiger partial charge on any atom is -0.468 e. The molecule has 0 spiro atoms. The summed E-state index contributed by atoms with van der Waals surface area (Å²) in [7, 11) is 1.36. The van der Waals surface area contributed by atoms with Crippen LogP contribution in [-0.4, -0.2) is 43.8 Å². The fraction of sp³-hybridized carbons (Fsp3) is 0.917. The molecule has 4 nitrogen and oxygen atoms in total. The average molecular weight is 263 g/mol. The molecular formula is C12H25NO3S. The number of carbonyl (C=O) groups is 1. The third kappa shape index (κ3) is 10.6. The van der Waals surface area contributed by atoms with Gasteiger partial charge in [0.1, 0.15) is 6.04 Å². The molecule has 0 saturated heterocycles. The Balaban J connectivity index is 3.21. The molecule has 0 amide bonds. The number of rotatable bonds is 10. The molecule has 2 N–H and O–H groups in total. The van der Waals surface area contributed by atoms with Crippen LogP contribution < -0.4 is 5.73 Å². The highest BCUT2D eigenvalue weighted by atomic mass is 32.2. The first kappa shape index (κ1) is 16.7. The second-order valence-corrected chi connectivity index (χ2v) is 5.55. The van der Waals surface area contributed by atoms with Crippen LogP contribution in [0.2, 0.25) is 0 Å². The molecular weight excluding hydrogens is 238 g/mol. The molecule has 0 aliphatic carbocycles. The van der Waals surface area contributed by atoms with Crippen LogP contribution >= 0.6 is 11.8 Å². The molecule has 17 heavy (non-hydrogen) atoms. The zero-order valence-electron chi connectivity index (χ0n) is 11.1. The number of carbonyl (C=O) groups excluding carboxylic acids is 1. The van der Waals surface area contributed by atoms with Crippen molar-refractivity contribution in [2.45, 2.75) is 32.7 Å². The number of hydrogen-bond acceptors (Lipinski definition) is 5. The normalized spacial score (nSPS) is 12.8. The predicted molar refractivity (Wildman–Crippen MR) is 72.2 cm³/mol. The lowest BCUT2D eigenvalue weighted by atomic mass is 10.1. The van der Waals surface area contributed by atoms with Crippen LogP contribution in [0.5, 0.6) is 0 Å². The Labute approximate surface area is 109 Å². The number of nitrogens with two attached hydrogens (primary N) is 1. The van der Waals surface area contributed by atoms with Crippen LogP contribution in [0, 0.1) is 5.92 Å². The Hall–Kier alpha value is -0.260. The highest BCUT2D eigenvalue weighted by Gasteiger charge is 2.12. The van der Waals surface area contributed by atoms with Gasteiger partial charge in [0.25, 0.3) is 0 Å². The summed E-state index contributed by atoms with van der Waals surface area (Å²) < 4.78 is 10.0. The van der Waals surface area contributed by atoms with Crippen molar-refractivity contribution in [1.29, 1.82) is 0 Å². The monoisotopic (exact) mass is 263 g/mol. The van der Waals surface area contributed by atoms with Crippen LogP contribution in [0.3, 0.4) is 0 Å². The minimum absolute atomic E-state index is 0.334. The van der Waals surface area contributed by atoms with Gasteiger partial charge in [0, 0.05) is 12.4 Å². The van der Waals surface area contributed by atoms with E-state index in [2.05, 4.69) is 18.6 Å². The molecule has 0 rings (SSSR count). The van der Waals surface area contributed by atoms with Gasteiger partial charge in [-0.15, -0.1) is 0 Å². The van der Waals surface area contributed by atoms with Gasteiger partial charge in [0.15, 0.2) is 0 Å². The fourth-order valence-corrected chi connectivity index (χ4v) is 1.98. The zero-order valence-corrected chi connectivity index (χ0v) is 11.9. The summed E-state index contributed by atoms with van der Waals surface area (Å²) in [6.45, 7) is 5.98. The van der Waals surface area contributed by atoms with Gasteiger partial charge in [-0.1, -0.05) is 13.8 Å². The molecule has 0 aliphatic heterocycles. The minimum atomic E-state index is -0.491. The van der Waals surface area contributed by atoms with E-state index in [1.807, 2.05) is 0 Å². The van der Waals surface area contributed by atoms with E-state index in [0.29, 0.717) is 12.3 Å². The van der Waals surface area contributed by atoms with E-state index in [1.54, 1.807) is 11.8 Å². The van der Waals surface area contributed by atoms with Gasteiger partial charge >= 0.3 is 5.97 Å². The number of esters is 1. The molecule has 0 aromatic heterocycles. The number of hydrogen-bond donors (Lipinski definition) is 1. The summed E-state index contributed by atoms with van der Waals surface area (Å²) in [5, 5.41) is 0. The lowest BCUT2D eigenvalue weighted by Gasteiger charge is -2.09. The van der Waals surface area contributed by atoms with E-state index in [9.17, 15) is 4.79 Å². The van der Waals surface area contributed by atoms with E-state index in [1.165, 1.54) is 7.11 Å². The number of methoxy groups -OCH3 is 1. The van der Waals surface area contributed by atoms with Gasteiger partial charge in [-0.2, -0.15) is 11.8 Å². The van der Waals surface area contributed by atoms with Crippen molar-refractivity contribution in [3.63, 3.8) is 0 Å². The largest absolute Gasteiger partial charge is 0.468 e. The van der Waals surface area contributed by atoms with Crippen LogP contribution in [0.1, 0.15) is 26.7 Å². The highest BCUT2D eigenvalue weighted by molar-refractivity contribution is 7.99. The second kappa shape index (κ2) is 10.9. The van der Waals surface area contributed by atoms with Crippen molar-refractivity contribution >= 4 is 17.7 Å². The Morgan fingerprint density at radius 3 is 2.53 bits per heavy atom. The zero-order chi connectivity index (χ0) is 13.1. The molecule has 1 atom stereocenters. The SMILES string of the molecule is COC(=O)C(N)CCSCCOCCC(C)C. The molecule has 102 valence electrons. The third-order valence-electron chi connectivity index (χ3n) is 2.29. The molecule has 0 bridgehead atoms. The van der Waals surface area contributed by atoms with Gasteiger partial charge < -0.3 is 15.2 Å². The smallest absolute Gasteiger partial charge is 0.322 e. The topological polar surface area (TPSA) is 61.5 Å². The summed E-state index contributed by atoms with van der Waals surface area (Å²) in [5.74, 6) is 2.18. The van der Waals surface area contributed by atoms with Crippen molar-refractivity contribution in [1.82, 2.24) is 0 Å². The Morgan fingerprint density at radius 2 is 1.94 bits per heavy atom. The number of ether oxygens (including phenoxy) is 2. The van der Waals surface area contributed by atoms with Crippen molar-refractivity contribution < 1.29 is 14.3 Å². The maximum Gasteiger partial charge on any atom is 0.322 e. The highest BCUT2D eigenvalue weighted by Crippen LogP contribution is 2.05. The molecule has 0 aromatic carbocycles.